The molecule has 0 rings (SSSR count). The molecule has 0 aromatic rings. The molecule has 6 heteroatoms. The van der Waals surface area contributed by atoms with Gasteiger partial charge >= 0.3 is 0 Å². The van der Waals surface area contributed by atoms with Crippen LogP contribution < -0.4 is 0 Å². The Morgan fingerprint density at radius 1 is 0.346 bits per heavy atom. The summed E-state index contributed by atoms with van der Waals surface area (Å²) in [7, 11) is 0. The molecular formula is C20H50O5Ru. The van der Waals surface area contributed by atoms with E-state index in [1.54, 1.807) is 0 Å². The van der Waals surface area contributed by atoms with Crippen molar-refractivity contribution in [3.8, 4) is 0 Å². The van der Waals surface area contributed by atoms with Crippen molar-refractivity contribution in [1.29, 1.82) is 0 Å². The normalized spacial score (nSPS) is 8.08. The molecule has 0 aromatic heterocycles. The van der Waals surface area contributed by atoms with Crippen molar-refractivity contribution in [2.24, 2.45) is 0 Å². The van der Waals surface area contributed by atoms with Gasteiger partial charge in [0.2, 0.25) is 0 Å². The largest absolute Gasteiger partial charge is 0.396 e. The zero-order chi connectivity index (χ0) is 20.6. The Morgan fingerprint density at radius 2 is 0.462 bits per heavy atom. The zero-order valence-corrected chi connectivity index (χ0v) is 19.9. The van der Waals surface area contributed by atoms with Crippen molar-refractivity contribution in [3.63, 3.8) is 0 Å². The van der Waals surface area contributed by atoms with Crippen LogP contribution in [0.2, 0.25) is 0 Å². The summed E-state index contributed by atoms with van der Waals surface area (Å²) in [5.74, 6) is 0. The number of aliphatic hydroxyl groups excluding tert-OH is 5. The smallest absolute Gasteiger partial charge is 0.0430 e. The van der Waals surface area contributed by atoms with Gasteiger partial charge in [0, 0.05) is 52.5 Å². The third-order valence-corrected chi connectivity index (χ3v) is 2.56. The number of hydrogen-bond acceptors (Lipinski definition) is 5. The van der Waals surface area contributed by atoms with Gasteiger partial charge in [-0.05, 0) is 32.1 Å². The van der Waals surface area contributed by atoms with Crippen LogP contribution in [0, 0.1) is 0 Å². The van der Waals surface area contributed by atoms with Crippen LogP contribution in [-0.4, -0.2) is 58.6 Å². The quantitative estimate of drug-likeness (QED) is 0.311. The van der Waals surface area contributed by atoms with Gasteiger partial charge in [-0.3, -0.25) is 0 Å². The maximum absolute atomic E-state index is 8.07. The van der Waals surface area contributed by atoms with Crippen LogP contribution in [0.1, 0.15) is 98.8 Å². The second-order valence-corrected chi connectivity index (χ2v) is 5.39. The first-order chi connectivity index (χ1) is 12.1. The van der Waals surface area contributed by atoms with Crippen molar-refractivity contribution in [1.82, 2.24) is 0 Å². The summed E-state index contributed by atoms with van der Waals surface area (Å²) in [4.78, 5) is 0. The zero-order valence-electron chi connectivity index (χ0n) is 18.2. The molecule has 0 unspecified atom stereocenters. The Labute approximate surface area is 177 Å². The van der Waals surface area contributed by atoms with Gasteiger partial charge in [0.25, 0.3) is 0 Å². The van der Waals surface area contributed by atoms with Crippen molar-refractivity contribution in [3.05, 3.63) is 0 Å². The van der Waals surface area contributed by atoms with Gasteiger partial charge < -0.3 is 25.5 Å². The molecule has 0 saturated carbocycles. The van der Waals surface area contributed by atoms with E-state index < -0.39 is 0 Å². The summed E-state index contributed by atoms with van der Waals surface area (Å²) in [6.07, 6.45) is 10.2. The van der Waals surface area contributed by atoms with Gasteiger partial charge in [0.15, 0.2) is 0 Å². The molecule has 0 aliphatic rings. The predicted molar refractivity (Wildman–Crippen MR) is 110 cm³/mol. The van der Waals surface area contributed by atoms with Gasteiger partial charge in [-0.25, -0.2) is 0 Å². The predicted octanol–water partition coefficient (Wildman–Crippen LogP) is 3.89. The summed E-state index contributed by atoms with van der Waals surface area (Å²) < 4.78 is 0. The Balaban J connectivity index is -0.0000000476. The van der Waals surface area contributed by atoms with Crippen LogP contribution in [0.4, 0.5) is 0 Å². The van der Waals surface area contributed by atoms with Gasteiger partial charge in [0.05, 0.1) is 0 Å². The standard InChI is InChI=1S/5C4H10O.Ru/c5*1-2-3-4-5;/h5*5H,2-4H2,1H3;. The van der Waals surface area contributed by atoms with Crippen LogP contribution in [0.3, 0.4) is 0 Å². The molecule has 5 N–H and O–H groups in total. The molecule has 26 heavy (non-hydrogen) atoms. The maximum Gasteiger partial charge on any atom is 0.0430 e. The molecule has 0 atom stereocenters. The Kier molecular flexibility index (Phi) is 100. The summed E-state index contributed by atoms with van der Waals surface area (Å²) >= 11 is 0. The van der Waals surface area contributed by atoms with Gasteiger partial charge in [-0.2, -0.15) is 0 Å². The molecule has 0 radical (unpaired) electrons. The van der Waals surface area contributed by atoms with Gasteiger partial charge in [-0.15, -0.1) is 0 Å². The molecule has 0 aromatic carbocycles. The summed E-state index contributed by atoms with van der Waals surface area (Å²) in [6, 6.07) is 0. The fourth-order valence-corrected chi connectivity index (χ4v) is 0.791. The molecule has 0 amide bonds. The Morgan fingerprint density at radius 3 is 0.462 bits per heavy atom. The monoisotopic (exact) mass is 472 g/mol. The first-order valence-corrected chi connectivity index (χ1v) is 10.1. The van der Waals surface area contributed by atoms with Crippen LogP contribution in [0.25, 0.3) is 0 Å². The van der Waals surface area contributed by atoms with Crippen LogP contribution >= 0.6 is 0 Å². The topological polar surface area (TPSA) is 101 Å². The average Bonchev–Trinajstić information content (AvgIpc) is 2.61. The van der Waals surface area contributed by atoms with Crippen molar-refractivity contribution >= 4 is 0 Å². The third-order valence-electron chi connectivity index (χ3n) is 2.56. The number of aliphatic hydroxyl groups is 5. The molecule has 0 fully saturated rings. The van der Waals surface area contributed by atoms with Gasteiger partial charge in [-0.1, -0.05) is 66.7 Å². The van der Waals surface area contributed by atoms with Crippen molar-refractivity contribution < 1.29 is 45.0 Å². The first kappa shape index (κ1) is 40.9. The Bertz CT molecular complexity index is 96.5. The number of hydrogen-bond donors (Lipinski definition) is 5. The molecule has 0 aliphatic carbocycles. The Hall–Kier alpha value is 0.423. The van der Waals surface area contributed by atoms with Crippen molar-refractivity contribution in [2.45, 2.75) is 98.8 Å². The number of rotatable bonds is 10. The molecule has 0 saturated heterocycles. The molecule has 0 bridgehead atoms. The first-order valence-electron chi connectivity index (χ1n) is 10.1. The third kappa shape index (κ3) is 123. The fourth-order valence-electron chi connectivity index (χ4n) is 0.791. The fraction of sp³-hybridized carbons (Fsp3) is 1.00. The second-order valence-electron chi connectivity index (χ2n) is 5.39. The molecule has 5 nitrogen and oxygen atoms in total. The summed E-state index contributed by atoms with van der Waals surface area (Å²) in [5, 5.41) is 40.3. The van der Waals surface area contributed by atoms with E-state index in [0.717, 1.165) is 64.2 Å². The molecule has 0 heterocycles. The van der Waals surface area contributed by atoms with Gasteiger partial charge in [0.1, 0.15) is 0 Å². The summed E-state index contributed by atoms with van der Waals surface area (Å²) in [6.45, 7) is 12.0. The molecule has 0 spiro atoms. The molecule has 168 valence electrons. The van der Waals surface area contributed by atoms with Crippen LogP contribution in [0.15, 0.2) is 0 Å². The van der Waals surface area contributed by atoms with E-state index in [2.05, 4.69) is 34.6 Å². The van der Waals surface area contributed by atoms with E-state index in [9.17, 15) is 0 Å². The van der Waals surface area contributed by atoms with E-state index in [4.69, 9.17) is 25.5 Å². The van der Waals surface area contributed by atoms with Crippen LogP contribution in [-0.2, 0) is 19.5 Å². The summed E-state index contributed by atoms with van der Waals surface area (Å²) in [5.41, 5.74) is 0. The van der Waals surface area contributed by atoms with E-state index in [0.29, 0.717) is 33.0 Å². The maximum atomic E-state index is 8.07. The second kappa shape index (κ2) is 63.8. The van der Waals surface area contributed by atoms with E-state index in [1.807, 2.05) is 0 Å². The van der Waals surface area contributed by atoms with E-state index in [1.165, 1.54) is 0 Å². The van der Waals surface area contributed by atoms with Crippen molar-refractivity contribution in [2.75, 3.05) is 33.0 Å². The minimum Gasteiger partial charge on any atom is -0.396 e. The SMILES string of the molecule is CCCCO.CCCCO.CCCCO.CCCCO.CCCCO.[Ru]. The minimum absolute atomic E-state index is 0. The van der Waals surface area contributed by atoms with E-state index >= 15 is 0 Å². The van der Waals surface area contributed by atoms with Crippen LogP contribution in [0.5, 0.6) is 0 Å². The minimum atomic E-state index is 0. The van der Waals surface area contributed by atoms with E-state index in [-0.39, 0.29) is 19.5 Å². The molecular weight excluding hydrogens is 421 g/mol. The number of unbranched alkanes of at least 4 members (excludes halogenated alkanes) is 5. The average molecular weight is 472 g/mol. The molecule has 0 aliphatic heterocycles.